The fraction of sp³-hybridized carbons (Fsp3) is 1.00. The van der Waals surface area contributed by atoms with Gasteiger partial charge in [0.1, 0.15) is 0 Å². The van der Waals surface area contributed by atoms with Gasteiger partial charge < -0.3 is 10.4 Å². The Hall–Kier alpha value is 0.270. The van der Waals surface area contributed by atoms with Gasteiger partial charge in [0, 0.05) is 16.5 Å². The van der Waals surface area contributed by atoms with Crippen LogP contribution in [0.25, 0.3) is 0 Å². The fourth-order valence-electron chi connectivity index (χ4n) is 1.95. The Labute approximate surface area is 91.9 Å². The number of rotatable bonds is 4. The molecule has 1 aliphatic rings. The third-order valence-corrected chi connectivity index (χ3v) is 4.76. The number of hydrogen-bond acceptors (Lipinski definition) is 3. The molecule has 4 atom stereocenters. The van der Waals surface area contributed by atoms with Crippen LogP contribution in [0.1, 0.15) is 39.5 Å². The van der Waals surface area contributed by atoms with Gasteiger partial charge >= 0.3 is 0 Å². The van der Waals surface area contributed by atoms with E-state index in [1.165, 1.54) is 25.7 Å². The number of aliphatic hydroxyl groups is 1. The molecule has 1 aliphatic carbocycles. The molecule has 1 rings (SSSR count). The van der Waals surface area contributed by atoms with Crippen molar-refractivity contribution < 1.29 is 5.11 Å². The molecule has 0 spiro atoms. The number of aliphatic hydroxyl groups excluding tert-OH is 1. The Bertz CT molecular complexity index is 163. The summed E-state index contributed by atoms with van der Waals surface area (Å²) in [5, 5.41) is 13.9. The van der Waals surface area contributed by atoms with Crippen molar-refractivity contribution in [1.82, 2.24) is 5.32 Å². The Balaban J connectivity index is 2.30. The van der Waals surface area contributed by atoms with E-state index in [1.807, 2.05) is 18.7 Å². The second kappa shape index (κ2) is 5.99. The summed E-state index contributed by atoms with van der Waals surface area (Å²) < 4.78 is 0. The molecule has 0 aliphatic heterocycles. The van der Waals surface area contributed by atoms with Crippen LogP contribution < -0.4 is 5.32 Å². The normalized spacial score (nSPS) is 32.6. The highest BCUT2D eigenvalue weighted by Gasteiger charge is 2.23. The molecular weight excluding hydrogens is 194 g/mol. The summed E-state index contributed by atoms with van der Waals surface area (Å²) in [5.74, 6) is 0. The zero-order chi connectivity index (χ0) is 10.6. The molecule has 84 valence electrons. The van der Waals surface area contributed by atoms with Gasteiger partial charge in [-0.3, -0.25) is 0 Å². The highest BCUT2D eigenvalue weighted by Crippen LogP contribution is 2.32. The molecule has 0 aromatic heterocycles. The molecule has 14 heavy (non-hydrogen) atoms. The minimum Gasteiger partial charge on any atom is -0.392 e. The first-order chi connectivity index (χ1) is 6.63. The second-order valence-electron chi connectivity index (χ2n) is 4.36. The molecule has 4 unspecified atom stereocenters. The number of nitrogens with one attached hydrogen (secondary N) is 1. The van der Waals surface area contributed by atoms with E-state index in [-0.39, 0.29) is 6.10 Å². The van der Waals surface area contributed by atoms with Crippen molar-refractivity contribution in [2.24, 2.45) is 0 Å². The highest BCUT2D eigenvalue weighted by molar-refractivity contribution is 8.00. The van der Waals surface area contributed by atoms with Gasteiger partial charge in [-0.2, -0.15) is 11.8 Å². The topological polar surface area (TPSA) is 32.3 Å². The lowest BCUT2D eigenvalue weighted by molar-refractivity contribution is 0.196. The molecule has 0 aromatic carbocycles. The monoisotopic (exact) mass is 217 g/mol. The second-order valence-corrected chi connectivity index (χ2v) is 6.04. The van der Waals surface area contributed by atoms with Crippen molar-refractivity contribution >= 4 is 11.8 Å². The molecule has 0 heterocycles. The Morgan fingerprint density at radius 3 is 2.64 bits per heavy atom. The third-order valence-electron chi connectivity index (χ3n) is 3.12. The summed E-state index contributed by atoms with van der Waals surface area (Å²) in [6.45, 7) is 4.01. The molecule has 0 bridgehead atoms. The van der Waals surface area contributed by atoms with Crippen LogP contribution in [-0.4, -0.2) is 34.8 Å². The van der Waals surface area contributed by atoms with E-state index in [0.717, 1.165) is 5.25 Å². The average molecular weight is 217 g/mol. The van der Waals surface area contributed by atoms with Crippen molar-refractivity contribution in [3.63, 3.8) is 0 Å². The quantitative estimate of drug-likeness (QED) is 0.755. The van der Waals surface area contributed by atoms with Crippen molar-refractivity contribution in [3.8, 4) is 0 Å². The van der Waals surface area contributed by atoms with Crippen LogP contribution in [0.2, 0.25) is 0 Å². The Kier molecular flexibility index (Phi) is 5.28. The van der Waals surface area contributed by atoms with Crippen molar-refractivity contribution in [2.45, 2.75) is 62.2 Å². The molecule has 3 heteroatoms. The molecular formula is C11H23NOS. The first-order valence-corrected chi connectivity index (χ1v) is 6.58. The smallest absolute Gasteiger partial charge is 0.0628 e. The predicted molar refractivity (Wildman–Crippen MR) is 63.8 cm³/mol. The van der Waals surface area contributed by atoms with Crippen LogP contribution in [0.4, 0.5) is 0 Å². The zero-order valence-corrected chi connectivity index (χ0v) is 10.3. The maximum Gasteiger partial charge on any atom is 0.0628 e. The Morgan fingerprint density at radius 1 is 1.36 bits per heavy atom. The summed E-state index contributed by atoms with van der Waals surface area (Å²) in [5.41, 5.74) is 0. The van der Waals surface area contributed by atoms with Gasteiger partial charge in [-0.1, -0.05) is 13.3 Å². The summed E-state index contributed by atoms with van der Waals surface area (Å²) in [6, 6.07) is 0.697. The van der Waals surface area contributed by atoms with Crippen molar-refractivity contribution in [1.29, 1.82) is 0 Å². The summed E-state index contributed by atoms with van der Waals surface area (Å²) in [7, 11) is 2.05. The number of hydrogen-bond donors (Lipinski definition) is 2. The van der Waals surface area contributed by atoms with Crippen LogP contribution >= 0.6 is 11.8 Å². The van der Waals surface area contributed by atoms with Gasteiger partial charge in [-0.15, -0.1) is 0 Å². The molecule has 0 radical (unpaired) electrons. The van der Waals surface area contributed by atoms with E-state index in [9.17, 15) is 5.11 Å². The van der Waals surface area contributed by atoms with Gasteiger partial charge in [0.25, 0.3) is 0 Å². The molecule has 1 saturated carbocycles. The molecule has 0 aromatic rings. The van der Waals surface area contributed by atoms with E-state index in [2.05, 4.69) is 19.3 Å². The predicted octanol–water partition coefficient (Wildman–Crippen LogP) is 2.02. The van der Waals surface area contributed by atoms with Crippen molar-refractivity contribution in [2.75, 3.05) is 7.05 Å². The van der Waals surface area contributed by atoms with Crippen LogP contribution in [0.3, 0.4) is 0 Å². The van der Waals surface area contributed by atoms with Gasteiger partial charge in [-0.25, -0.2) is 0 Å². The Morgan fingerprint density at radius 2 is 2.07 bits per heavy atom. The van der Waals surface area contributed by atoms with Crippen LogP contribution in [0, 0.1) is 0 Å². The molecule has 2 N–H and O–H groups in total. The van der Waals surface area contributed by atoms with E-state index < -0.39 is 0 Å². The maximum atomic E-state index is 9.44. The molecule has 1 fully saturated rings. The van der Waals surface area contributed by atoms with Crippen molar-refractivity contribution in [3.05, 3.63) is 0 Å². The van der Waals surface area contributed by atoms with E-state index in [4.69, 9.17) is 0 Å². The SMILES string of the molecule is CNC1CCCC(SC(C)C(C)O)C1. The third kappa shape index (κ3) is 3.79. The van der Waals surface area contributed by atoms with Gasteiger partial charge in [0.05, 0.1) is 6.10 Å². The molecule has 0 amide bonds. The minimum atomic E-state index is -0.185. The first-order valence-electron chi connectivity index (χ1n) is 5.64. The molecule has 0 saturated heterocycles. The highest BCUT2D eigenvalue weighted by atomic mass is 32.2. The fourth-order valence-corrected chi connectivity index (χ4v) is 3.43. The first kappa shape index (κ1) is 12.3. The lowest BCUT2D eigenvalue weighted by Crippen LogP contribution is -2.33. The summed E-state index contributed by atoms with van der Waals surface area (Å²) in [4.78, 5) is 0. The van der Waals surface area contributed by atoms with E-state index in [0.29, 0.717) is 11.3 Å². The maximum absolute atomic E-state index is 9.44. The van der Waals surface area contributed by atoms with Gasteiger partial charge in [0.2, 0.25) is 0 Å². The zero-order valence-electron chi connectivity index (χ0n) is 9.49. The average Bonchev–Trinajstić information content (AvgIpc) is 2.18. The van der Waals surface area contributed by atoms with Gasteiger partial charge in [-0.05, 0) is 33.2 Å². The molecule has 2 nitrogen and oxygen atoms in total. The number of thioether (sulfide) groups is 1. The van der Waals surface area contributed by atoms with Crippen LogP contribution in [-0.2, 0) is 0 Å². The largest absolute Gasteiger partial charge is 0.392 e. The summed E-state index contributed by atoms with van der Waals surface area (Å²) in [6.07, 6.45) is 5.04. The minimum absolute atomic E-state index is 0.185. The lowest BCUT2D eigenvalue weighted by atomic mass is 9.95. The lowest BCUT2D eigenvalue weighted by Gasteiger charge is -2.30. The standard InChI is InChI=1S/C11H23NOS/c1-8(13)9(2)14-11-6-4-5-10(7-11)12-3/h8-13H,4-7H2,1-3H3. The van der Waals surface area contributed by atoms with E-state index in [1.54, 1.807) is 0 Å². The van der Waals surface area contributed by atoms with E-state index >= 15 is 0 Å². The van der Waals surface area contributed by atoms with Gasteiger partial charge in [0.15, 0.2) is 0 Å². The van der Waals surface area contributed by atoms with Crippen LogP contribution in [0.15, 0.2) is 0 Å². The summed E-state index contributed by atoms with van der Waals surface area (Å²) >= 11 is 1.96. The van der Waals surface area contributed by atoms with Crippen LogP contribution in [0.5, 0.6) is 0 Å².